The number of hydrogen-bond acceptors (Lipinski definition) is 6. The Kier molecular flexibility index (Phi) is 15.1. The lowest BCUT2D eigenvalue weighted by Gasteiger charge is -2.24. The Morgan fingerprint density at radius 2 is 0.929 bits per heavy atom. The van der Waals surface area contributed by atoms with E-state index in [9.17, 15) is 0 Å². The van der Waals surface area contributed by atoms with Crippen LogP contribution in [0.1, 0.15) is 49.7 Å². The minimum absolute atomic E-state index is 0.742. The van der Waals surface area contributed by atoms with Crippen molar-refractivity contribution in [2.75, 3.05) is 52.4 Å². The van der Waals surface area contributed by atoms with E-state index in [0.29, 0.717) is 0 Å². The van der Waals surface area contributed by atoms with Gasteiger partial charge in [-0.1, -0.05) is 24.3 Å². The van der Waals surface area contributed by atoms with E-state index in [-0.39, 0.29) is 0 Å². The van der Waals surface area contributed by atoms with Gasteiger partial charge in [0.25, 0.3) is 0 Å². The lowest BCUT2D eigenvalue weighted by molar-refractivity contribution is 0.254. The summed E-state index contributed by atoms with van der Waals surface area (Å²) in [6, 6.07) is 9.02. The zero-order valence-corrected chi connectivity index (χ0v) is 17.8. The van der Waals surface area contributed by atoms with Crippen LogP contribution in [0.4, 0.5) is 0 Å². The van der Waals surface area contributed by atoms with E-state index in [1.807, 2.05) is 0 Å². The maximum Gasteiger partial charge on any atom is 0.0233 e. The Morgan fingerprint density at radius 1 is 0.536 bits per heavy atom. The molecule has 1 rings (SSSR count). The van der Waals surface area contributed by atoms with Gasteiger partial charge in [-0.25, -0.2) is 0 Å². The van der Waals surface area contributed by atoms with Crippen LogP contribution in [0.5, 0.6) is 0 Å². The molecule has 6 nitrogen and oxygen atoms in total. The Balaban J connectivity index is 2.66. The number of rotatable bonds is 18. The Labute approximate surface area is 172 Å². The third kappa shape index (κ3) is 11.7. The van der Waals surface area contributed by atoms with Crippen molar-refractivity contribution in [1.29, 1.82) is 0 Å². The lowest BCUT2D eigenvalue weighted by Crippen LogP contribution is -2.28. The molecule has 0 aliphatic rings. The molecule has 0 spiro atoms. The Bertz CT molecular complexity index is 443. The SMILES string of the molecule is NCCCCN(CCCN)Cc1cccc(CN(CCCN)CCCCN)c1. The van der Waals surface area contributed by atoms with Crippen LogP contribution in [0.25, 0.3) is 0 Å². The molecule has 162 valence electrons. The molecule has 0 saturated carbocycles. The summed E-state index contributed by atoms with van der Waals surface area (Å²) in [4.78, 5) is 5.02. The largest absolute Gasteiger partial charge is 0.330 e. The van der Waals surface area contributed by atoms with Gasteiger partial charge < -0.3 is 22.9 Å². The quantitative estimate of drug-likeness (QED) is 0.282. The van der Waals surface area contributed by atoms with Gasteiger partial charge in [0, 0.05) is 13.1 Å². The molecule has 6 heteroatoms. The monoisotopic (exact) mass is 392 g/mol. The van der Waals surface area contributed by atoms with Crippen molar-refractivity contribution in [3.05, 3.63) is 35.4 Å². The van der Waals surface area contributed by atoms with E-state index in [4.69, 9.17) is 22.9 Å². The molecule has 0 bridgehead atoms. The molecule has 28 heavy (non-hydrogen) atoms. The minimum Gasteiger partial charge on any atom is -0.330 e. The second-order valence-corrected chi connectivity index (χ2v) is 7.65. The van der Waals surface area contributed by atoms with Crippen molar-refractivity contribution in [2.24, 2.45) is 22.9 Å². The van der Waals surface area contributed by atoms with E-state index in [2.05, 4.69) is 34.1 Å². The van der Waals surface area contributed by atoms with Crippen molar-refractivity contribution in [3.8, 4) is 0 Å². The van der Waals surface area contributed by atoms with Gasteiger partial charge in [0.1, 0.15) is 0 Å². The summed E-state index contributed by atoms with van der Waals surface area (Å²) >= 11 is 0. The number of nitrogens with zero attached hydrogens (tertiary/aromatic N) is 2. The highest BCUT2D eigenvalue weighted by Crippen LogP contribution is 2.13. The maximum atomic E-state index is 5.72. The van der Waals surface area contributed by atoms with Crippen LogP contribution >= 0.6 is 0 Å². The minimum atomic E-state index is 0.742. The van der Waals surface area contributed by atoms with Gasteiger partial charge in [-0.2, -0.15) is 0 Å². The first kappa shape index (κ1) is 25.0. The molecule has 0 aliphatic heterocycles. The molecule has 0 fully saturated rings. The molecule has 0 unspecified atom stereocenters. The van der Waals surface area contributed by atoms with Gasteiger partial charge in [-0.15, -0.1) is 0 Å². The van der Waals surface area contributed by atoms with Gasteiger partial charge in [-0.05, 0) is 102 Å². The van der Waals surface area contributed by atoms with Crippen LogP contribution in [-0.4, -0.2) is 62.2 Å². The molecule has 1 aromatic rings. The van der Waals surface area contributed by atoms with Crippen LogP contribution in [0.3, 0.4) is 0 Å². The van der Waals surface area contributed by atoms with Gasteiger partial charge >= 0.3 is 0 Å². The zero-order chi connectivity index (χ0) is 20.5. The second-order valence-electron chi connectivity index (χ2n) is 7.65. The standard InChI is InChI=1S/C22H44N6/c23-10-1-3-14-27(16-6-12-25)19-21-8-5-9-22(18-21)20-28(17-7-13-26)15-4-2-11-24/h5,8-9,18H,1-4,6-7,10-17,19-20,23-26H2. The first-order valence-corrected chi connectivity index (χ1v) is 11.1. The van der Waals surface area contributed by atoms with E-state index in [0.717, 1.165) is 104 Å². The third-order valence-electron chi connectivity index (χ3n) is 5.02. The Hall–Kier alpha value is -1.02. The van der Waals surface area contributed by atoms with Crippen molar-refractivity contribution < 1.29 is 0 Å². The summed E-state index contributed by atoms with van der Waals surface area (Å²) in [5, 5.41) is 0. The summed E-state index contributed by atoms with van der Waals surface area (Å²) in [6.07, 6.45) is 6.53. The number of unbranched alkanes of at least 4 members (excludes halogenated alkanes) is 2. The first-order valence-electron chi connectivity index (χ1n) is 11.1. The van der Waals surface area contributed by atoms with Crippen LogP contribution in [0.15, 0.2) is 24.3 Å². The molecule has 0 amide bonds. The number of benzene rings is 1. The van der Waals surface area contributed by atoms with E-state index in [1.165, 1.54) is 11.1 Å². The van der Waals surface area contributed by atoms with Crippen molar-refractivity contribution in [2.45, 2.75) is 51.6 Å². The molecular formula is C22H44N6. The summed E-state index contributed by atoms with van der Waals surface area (Å²) in [5.41, 5.74) is 25.5. The van der Waals surface area contributed by atoms with Crippen LogP contribution < -0.4 is 22.9 Å². The van der Waals surface area contributed by atoms with Gasteiger partial charge in [0.15, 0.2) is 0 Å². The first-order chi connectivity index (χ1) is 13.7. The molecule has 8 N–H and O–H groups in total. The highest BCUT2D eigenvalue weighted by molar-refractivity contribution is 5.23. The topological polar surface area (TPSA) is 111 Å². The summed E-state index contributed by atoms with van der Waals surface area (Å²) in [5.74, 6) is 0. The average Bonchev–Trinajstić information content (AvgIpc) is 2.70. The molecule has 0 heterocycles. The summed E-state index contributed by atoms with van der Waals surface area (Å²) in [6.45, 7) is 9.25. The molecule has 0 radical (unpaired) electrons. The van der Waals surface area contributed by atoms with Crippen LogP contribution in [0.2, 0.25) is 0 Å². The predicted molar refractivity (Wildman–Crippen MR) is 121 cm³/mol. The molecule has 1 aromatic carbocycles. The lowest BCUT2D eigenvalue weighted by atomic mass is 10.1. The fourth-order valence-electron chi connectivity index (χ4n) is 3.47. The summed E-state index contributed by atoms with van der Waals surface area (Å²) in [7, 11) is 0. The molecular weight excluding hydrogens is 348 g/mol. The van der Waals surface area contributed by atoms with E-state index in [1.54, 1.807) is 0 Å². The number of nitrogens with two attached hydrogens (primary N) is 4. The number of hydrogen-bond donors (Lipinski definition) is 4. The third-order valence-corrected chi connectivity index (χ3v) is 5.02. The fraction of sp³-hybridized carbons (Fsp3) is 0.727. The van der Waals surface area contributed by atoms with Crippen molar-refractivity contribution in [3.63, 3.8) is 0 Å². The normalized spacial score (nSPS) is 11.6. The maximum absolute atomic E-state index is 5.72. The summed E-state index contributed by atoms with van der Waals surface area (Å²) < 4.78 is 0. The van der Waals surface area contributed by atoms with Crippen molar-refractivity contribution in [1.82, 2.24) is 9.80 Å². The molecule has 0 aromatic heterocycles. The van der Waals surface area contributed by atoms with Gasteiger partial charge in [0.2, 0.25) is 0 Å². The van der Waals surface area contributed by atoms with E-state index >= 15 is 0 Å². The predicted octanol–water partition coefficient (Wildman–Crippen LogP) is 1.47. The highest BCUT2D eigenvalue weighted by atomic mass is 15.1. The zero-order valence-electron chi connectivity index (χ0n) is 17.8. The van der Waals surface area contributed by atoms with Crippen LogP contribution in [-0.2, 0) is 13.1 Å². The highest BCUT2D eigenvalue weighted by Gasteiger charge is 2.09. The molecule has 0 aliphatic carbocycles. The second kappa shape index (κ2) is 16.9. The van der Waals surface area contributed by atoms with E-state index < -0.39 is 0 Å². The molecule has 0 saturated heterocycles. The smallest absolute Gasteiger partial charge is 0.0233 e. The van der Waals surface area contributed by atoms with Crippen LogP contribution in [0, 0.1) is 0 Å². The van der Waals surface area contributed by atoms with Gasteiger partial charge in [-0.3, -0.25) is 9.80 Å². The average molecular weight is 393 g/mol. The Morgan fingerprint density at radius 3 is 1.32 bits per heavy atom. The molecule has 0 atom stereocenters. The van der Waals surface area contributed by atoms with Gasteiger partial charge in [0.05, 0.1) is 0 Å². The fourth-order valence-corrected chi connectivity index (χ4v) is 3.47. The van der Waals surface area contributed by atoms with Crippen molar-refractivity contribution >= 4 is 0 Å².